The Labute approximate surface area is 148 Å². The van der Waals surface area contributed by atoms with Crippen LogP contribution in [0.5, 0.6) is 0 Å². The van der Waals surface area contributed by atoms with Gasteiger partial charge in [0.1, 0.15) is 6.33 Å². The first-order valence-electron chi connectivity index (χ1n) is 8.54. The fourth-order valence-electron chi connectivity index (χ4n) is 2.56. The summed E-state index contributed by atoms with van der Waals surface area (Å²) in [6.07, 6.45) is 3.72. The van der Waals surface area contributed by atoms with Gasteiger partial charge in [-0.2, -0.15) is 5.10 Å². The first-order valence-corrected chi connectivity index (χ1v) is 9.52. The van der Waals surface area contributed by atoms with Gasteiger partial charge in [-0.1, -0.05) is 50.6 Å². The predicted octanol–water partition coefficient (Wildman–Crippen LogP) is 4.00. The Kier molecular flexibility index (Phi) is 7.31. The molecular weight excluding hydrogens is 320 g/mol. The van der Waals surface area contributed by atoms with Crippen molar-refractivity contribution in [2.45, 2.75) is 44.5 Å². The topological polar surface area (TPSA) is 61.9 Å². The Balaban J connectivity index is 1.96. The van der Waals surface area contributed by atoms with Crippen LogP contribution in [-0.4, -0.2) is 39.1 Å². The van der Waals surface area contributed by atoms with Crippen LogP contribution in [0.25, 0.3) is 0 Å². The molecule has 2 rings (SSSR count). The quantitative estimate of drug-likeness (QED) is 0.697. The third-order valence-corrected chi connectivity index (χ3v) is 5.22. The summed E-state index contributed by atoms with van der Waals surface area (Å²) >= 11 is 1.60. The minimum Gasteiger partial charge on any atom is -0.339 e. The van der Waals surface area contributed by atoms with Gasteiger partial charge in [-0.15, -0.1) is 0 Å². The van der Waals surface area contributed by atoms with Gasteiger partial charge in [-0.3, -0.25) is 9.89 Å². The van der Waals surface area contributed by atoms with Crippen LogP contribution < -0.4 is 0 Å². The molecule has 5 nitrogen and oxygen atoms in total. The van der Waals surface area contributed by atoms with Crippen LogP contribution in [-0.2, 0) is 5.75 Å². The summed E-state index contributed by atoms with van der Waals surface area (Å²) in [5.74, 6) is 1.50. The average Bonchev–Trinajstić information content (AvgIpc) is 3.14. The third-order valence-electron chi connectivity index (χ3n) is 4.27. The molecule has 0 aliphatic heterocycles. The van der Waals surface area contributed by atoms with Crippen LogP contribution in [0.2, 0.25) is 0 Å². The van der Waals surface area contributed by atoms with E-state index in [1.54, 1.807) is 11.8 Å². The molecule has 1 amide bonds. The molecule has 1 heterocycles. The highest BCUT2D eigenvalue weighted by Gasteiger charge is 2.17. The van der Waals surface area contributed by atoms with E-state index >= 15 is 0 Å². The number of rotatable bonds is 9. The third kappa shape index (κ3) is 5.09. The van der Waals surface area contributed by atoms with E-state index in [9.17, 15) is 4.79 Å². The largest absolute Gasteiger partial charge is 0.339 e. The van der Waals surface area contributed by atoms with E-state index in [-0.39, 0.29) is 5.91 Å². The van der Waals surface area contributed by atoms with Crippen LogP contribution in [0.1, 0.15) is 49.5 Å². The van der Waals surface area contributed by atoms with Crippen molar-refractivity contribution in [3.8, 4) is 0 Å². The summed E-state index contributed by atoms with van der Waals surface area (Å²) in [4.78, 5) is 18.7. The number of nitrogens with zero attached hydrogens (tertiary/aromatic N) is 3. The molecule has 0 saturated heterocycles. The van der Waals surface area contributed by atoms with Gasteiger partial charge in [0.2, 0.25) is 0 Å². The fraction of sp³-hybridized carbons (Fsp3) is 0.500. The number of nitrogens with one attached hydrogen (secondary N) is 1. The molecule has 0 fully saturated rings. The van der Waals surface area contributed by atoms with Gasteiger partial charge in [-0.05, 0) is 30.5 Å². The van der Waals surface area contributed by atoms with E-state index in [2.05, 4.69) is 29.0 Å². The molecule has 0 spiro atoms. The minimum atomic E-state index is 0.124. The van der Waals surface area contributed by atoms with Gasteiger partial charge in [-0.25, -0.2) is 4.98 Å². The standard InChI is InChI=1S/C18H26N4OS/c1-4-14(5-2)11-22(6-3)17(23)16-9-7-15(8-10-16)12-24-18-19-13-20-21-18/h7-10,13-14H,4-6,11-12H2,1-3H3,(H,19,20,21). The molecule has 0 radical (unpaired) electrons. The molecule has 130 valence electrons. The van der Waals surface area contributed by atoms with E-state index in [1.165, 1.54) is 6.33 Å². The Morgan fingerprint density at radius 1 is 1.21 bits per heavy atom. The smallest absolute Gasteiger partial charge is 0.253 e. The lowest BCUT2D eigenvalue weighted by molar-refractivity contribution is 0.0735. The van der Waals surface area contributed by atoms with Crippen molar-refractivity contribution in [3.05, 3.63) is 41.7 Å². The maximum absolute atomic E-state index is 12.7. The zero-order chi connectivity index (χ0) is 17.4. The number of carbonyl (C=O) groups excluding carboxylic acids is 1. The van der Waals surface area contributed by atoms with E-state index in [0.29, 0.717) is 5.92 Å². The molecule has 0 bridgehead atoms. The molecule has 2 aromatic rings. The molecule has 1 N–H and O–H groups in total. The summed E-state index contributed by atoms with van der Waals surface area (Å²) in [5, 5.41) is 7.46. The first-order chi connectivity index (χ1) is 11.7. The Hall–Kier alpha value is -1.82. The van der Waals surface area contributed by atoms with Crippen molar-refractivity contribution in [3.63, 3.8) is 0 Å². The van der Waals surface area contributed by atoms with Crippen molar-refractivity contribution in [2.75, 3.05) is 13.1 Å². The number of hydrogen-bond donors (Lipinski definition) is 1. The zero-order valence-electron chi connectivity index (χ0n) is 14.7. The van der Waals surface area contributed by atoms with E-state index in [0.717, 1.165) is 48.0 Å². The van der Waals surface area contributed by atoms with Crippen LogP contribution in [0.15, 0.2) is 35.7 Å². The van der Waals surface area contributed by atoms with Crippen molar-refractivity contribution >= 4 is 17.7 Å². The summed E-state index contributed by atoms with van der Waals surface area (Å²) < 4.78 is 0. The second-order valence-corrected chi connectivity index (χ2v) is 6.77. The van der Waals surface area contributed by atoms with Gasteiger partial charge in [0.25, 0.3) is 5.91 Å². The average molecular weight is 346 g/mol. The van der Waals surface area contributed by atoms with E-state index in [4.69, 9.17) is 0 Å². The molecule has 6 heteroatoms. The molecule has 0 aliphatic rings. The minimum absolute atomic E-state index is 0.124. The maximum Gasteiger partial charge on any atom is 0.253 e. The molecule has 0 atom stereocenters. The van der Waals surface area contributed by atoms with Gasteiger partial charge in [0, 0.05) is 24.4 Å². The van der Waals surface area contributed by atoms with Crippen molar-refractivity contribution in [2.24, 2.45) is 5.92 Å². The monoisotopic (exact) mass is 346 g/mol. The predicted molar refractivity (Wildman–Crippen MR) is 98.0 cm³/mol. The zero-order valence-corrected chi connectivity index (χ0v) is 15.5. The number of thioether (sulfide) groups is 1. The van der Waals surface area contributed by atoms with Gasteiger partial charge in [0.15, 0.2) is 5.16 Å². The Morgan fingerprint density at radius 3 is 2.46 bits per heavy atom. The Morgan fingerprint density at radius 2 is 1.92 bits per heavy atom. The van der Waals surface area contributed by atoms with Crippen LogP contribution in [0, 0.1) is 5.92 Å². The highest BCUT2D eigenvalue weighted by molar-refractivity contribution is 7.98. The number of carbonyl (C=O) groups is 1. The lowest BCUT2D eigenvalue weighted by atomic mass is 10.0. The summed E-state index contributed by atoms with van der Waals surface area (Å²) in [7, 11) is 0. The number of benzene rings is 1. The number of H-pyrrole nitrogens is 1. The van der Waals surface area contributed by atoms with Crippen molar-refractivity contribution in [1.29, 1.82) is 0 Å². The van der Waals surface area contributed by atoms with E-state index < -0.39 is 0 Å². The van der Waals surface area contributed by atoms with Gasteiger partial charge in [0.05, 0.1) is 0 Å². The Bertz CT molecular complexity index is 608. The van der Waals surface area contributed by atoms with Gasteiger partial charge >= 0.3 is 0 Å². The molecule has 1 aromatic heterocycles. The molecule has 0 saturated carbocycles. The summed E-state index contributed by atoms with van der Waals surface area (Å²) in [6, 6.07) is 7.88. The fourth-order valence-corrected chi connectivity index (χ4v) is 3.29. The van der Waals surface area contributed by atoms with Gasteiger partial charge < -0.3 is 4.90 Å². The molecule has 1 aromatic carbocycles. The lowest BCUT2D eigenvalue weighted by Gasteiger charge is -2.25. The highest BCUT2D eigenvalue weighted by Crippen LogP contribution is 2.19. The first kappa shape index (κ1) is 18.5. The number of hydrogen-bond acceptors (Lipinski definition) is 4. The van der Waals surface area contributed by atoms with Crippen LogP contribution >= 0.6 is 11.8 Å². The van der Waals surface area contributed by atoms with Crippen LogP contribution in [0.3, 0.4) is 0 Å². The van der Waals surface area contributed by atoms with Crippen LogP contribution in [0.4, 0.5) is 0 Å². The summed E-state index contributed by atoms with van der Waals surface area (Å²) in [5.41, 5.74) is 1.92. The second kappa shape index (κ2) is 9.47. The lowest BCUT2D eigenvalue weighted by Crippen LogP contribution is -2.35. The maximum atomic E-state index is 12.7. The number of amides is 1. The van der Waals surface area contributed by atoms with Crippen molar-refractivity contribution < 1.29 is 4.79 Å². The second-order valence-electron chi connectivity index (χ2n) is 5.80. The number of aromatic nitrogens is 3. The normalized spacial score (nSPS) is 11.0. The summed E-state index contributed by atoms with van der Waals surface area (Å²) in [6.45, 7) is 8.01. The van der Waals surface area contributed by atoms with E-state index in [1.807, 2.05) is 36.1 Å². The SMILES string of the molecule is CCC(CC)CN(CC)C(=O)c1ccc(CSc2ncn[nH]2)cc1. The number of aromatic amines is 1. The molecule has 0 unspecified atom stereocenters. The van der Waals surface area contributed by atoms with Crippen molar-refractivity contribution in [1.82, 2.24) is 20.1 Å². The molecule has 0 aliphatic carbocycles. The molecular formula is C18H26N4OS. The molecule has 24 heavy (non-hydrogen) atoms. The highest BCUT2D eigenvalue weighted by atomic mass is 32.2.